The molecule has 0 spiro atoms. The van der Waals surface area contributed by atoms with E-state index in [0.29, 0.717) is 6.54 Å². The molecule has 20 heavy (non-hydrogen) atoms. The van der Waals surface area contributed by atoms with Gasteiger partial charge in [-0.1, -0.05) is 36.5 Å². The van der Waals surface area contributed by atoms with E-state index in [0.717, 1.165) is 11.1 Å². The molecular formula is C17H20N2S. The third-order valence-electron chi connectivity index (χ3n) is 3.54. The van der Waals surface area contributed by atoms with Crippen LogP contribution in [0, 0.1) is 13.8 Å². The van der Waals surface area contributed by atoms with Crippen LogP contribution in [0.1, 0.15) is 23.6 Å². The lowest BCUT2D eigenvalue weighted by Crippen LogP contribution is -2.13. The van der Waals surface area contributed by atoms with Gasteiger partial charge in [-0.3, -0.25) is 0 Å². The molecule has 0 aliphatic rings. The summed E-state index contributed by atoms with van der Waals surface area (Å²) in [4.78, 5) is 3.37. The number of aryl methyl sites for hydroxylation is 2. The van der Waals surface area contributed by atoms with E-state index in [1.165, 1.54) is 27.6 Å². The Morgan fingerprint density at radius 3 is 2.70 bits per heavy atom. The Labute approximate surface area is 125 Å². The third-order valence-corrected chi connectivity index (χ3v) is 3.70. The number of aromatic amines is 1. The molecule has 2 nitrogen and oxygen atoms in total. The second-order valence-corrected chi connectivity index (χ2v) is 5.38. The van der Waals surface area contributed by atoms with Crippen molar-refractivity contribution in [2.24, 2.45) is 0 Å². The lowest BCUT2D eigenvalue weighted by atomic mass is 10.0. The number of nitrogens with one attached hydrogen (secondary N) is 2. The van der Waals surface area contributed by atoms with Crippen molar-refractivity contribution in [1.29, 1.82) is 0 Å². The number of fused-ring (bicyclic) bond motifs is 1. The number of thiocarbonyl (C=S) groups is 1. The Morgan fingerprint density at radius 2 is 2.05 bits per heavy atom. The Bertz CT molecular complexity index is 692. The van der Waals surface area contributed by atoms with Crippen LogP contribution in [0.5, 0.6) is 0 Å². The predicted octanol–water partition coefficient (Wildman–Crippen LogP) is 4.29. The first-order chi connectivity index (χ1) is 9.54. The zero-order valence-electron chi connectivity index (χ0n) is 12.2. The lowest BCUT2D eigenvalue weighted by Gasteiger charge is -2.07. The number of aromatic nitrogens is 1. The highest BCUT2D eigenvalue weighted by atomic mass is 32.1. The fraction of sp³-hybridized carbons (Fsp3) is 0.235. The van der Waals surface area contributed by atoms with Crippen LogP contribution in [0.25, 0.3) is 17.0 Å². The molecule has 0 bridgehead atoms. The van der Waals surface area contributed by atoms with Crippen LogP contribution in [-0.4, -0.2) is 17.0 Å². The summed E-state index contributed by atoms with van der Waals surface area (Å²) in [5.74, 6) is 0. The molecule has 2 aromatic rings. The molecule has 0 aliphatic heterocycles. The fourth-order valence-corrected chi connectivity index (χ4v) is 2.45. The topological polar surface area (TPSA) is 27.8 Å². The van der Waals surface area contributed by atoms with Gasteiger partial charge >= 0.3 is 0 Å². The first-order valence-electron chi connectivity index (χ1n) is 6.65. The Morgan fingerprint density at radius 1 is 1.35 bits per heavy atom. The highest BCUT2D eigenvalue weighted by Gasteiger charge is 2.08. The quantitative estimate of drug-likeness (QED) is 0.633. The summed E-state index contributed by atoms with van der Waals surface area (Å²) in [6.07, 6.45) is 4.24. The normalized spacial score (nSPS) is 11.7. The molecule has 0 saturated heterocycles. The maximum atomic E-state index is 4.82. The Kier molecular flexibility index (Phi) is 4.40. The molecule has 0 amide bonds. The Hall–Kier alpha value is -1.87. The van der Waals surface area contributed by atoms with Gasteiger partial charge in [-0.2, -0.15) is 0 Å². The molecule has 0 radical (unpaired) electrons. The number of hydrogen-bond donors (Lipinski definition) is 2. The molecule has 0 aliphatic carbocycles. The van der Waals surface area contributed by atoms with E-state index in [1.807, 2.05) is 6.92 Å². The molecule has 2 rings (SSSR count). The SMILES string of the molecule is C=C(C)/C(=C/c1c[nH]c2c(C)ccc(C)c12)CNC=S. The van der Waals surface area contributed by atoms with E-state index in [1.54, 1.807) is 5.49 Å². The average molecular weight is 284 g/mol. The van der Waals surface area contributed by atoms with E-state index in [-0.39, 0.29) is 0 Å². The molecule has 1 aromatic heterocycles. The highest BCUT2D eigenvalue weighted by Crippen LogP contribution is 2.27. The monoisotopic (exact) mass is 284 g/mol. The summed E-state index contributed by atoms with van der Waals surface area (Å²) in [5, 5.41) is 4.35. The predicted molar refractivity (Wildman–Crippen MR) is 92.2 cm³/mol. The molecule has 0 saturated carbocycles. The molecule has 1 heterocycles. The van der Waals surface area contributed by atoms with E-state index < -0.39 is 0 Å². The van der Waals surface area contributed by atoms with E-state index >= 15 is 0 Å². The van der Waals surface area contributed by atoms with Crippen LogP contribution in [0.4, 0.5) is 0 Å². The summed E-state index contributed by atoms with van der Waals surface area (Å²) < 4.78 is 0. The molecule has 1 aromatic carbocycles. The molecule has 3 heteroatoms. The standard InChI is InChI=1S/C17H20N2S/c1-11(2)14(8-18-10-20)7-15-9-19-17-13(4)6-5-12(3)16(15)17/h5-7,9-10,19H,1,8H2,2-4H3,(H,18,20)/b14-7+. The minimum absolute atomic E-state index is 0.705. The van der Waals surface area contributed by atoms with Crippen LogP contribution in [0.3, 0.4) is 0 Å². The molecule has 0 atom stereocenters. The van der Waals surface area contributed by atoms with E-state index in [9.17, 15) is 0 Å². The van der Waals surface area contributed by atoms with Crippen molar-refractivity contribution in [3.8, 4) is 0 Å². The van der Waals surface area contributed by atoms with Crippen LogP contribution in [0.2, 0.25) is 0 Å². The molecule has 0 unspecified atom stereocenters. The minimum Gasteiger partial charge on any atom is -0.378 e. The van der Waals surface area contributed by atoms with Crippen molar-refractivity contribution in [3.05, 3.63) is 52.7 Å². The van der Waals surface area contributed by atoms with Crippen molar-refractivity contribution in [3.63, 3.8) is 0 Å². The zero-order valence-corrected chi connectivity index (χ0v) is 13.0. The van der Waals surface area contributed by atoms with Crippen molar-refractivity contribution in [2.75, 3.05) is 6.54 Å². The summed E-state index contributed by atoms with van der Waals surface area (Å²) in [7, 11) is 0. The summed E-state index contributed by atoms with van der Waals surface area (Å²) in [5.41, 5.74) is 8.70. The van der Waals surface area contributed by atoms with Gasteiger partial charge in [0.2, 0.25) is 0 Å². The molecular weight excluding hydrogens is 264 g/mol. The van der Waals surface area contributed by atoms with Crippen LogP contribution in [0.15, 0.2) is 36.1 Å². The molecule has 0 fully saturated rings. The smallest absolute Gasteiger partial charge is 0.0617 e. The van der Waals surface area contributed by atoms with Gasteiger partial charge in [-0.05, 0) is 43.5 Å². The van der Waals surface area contributed by atoms with Crippen LogP contribution < -0.4 is 5.32 Å². The third kappa shape index (κ3) is 2.83. The van der Waals surface area contributed by atoms with Crippen molar-refractivity contribution in [2.45, 2.75) is 20.8 Å². The van der Waals surface area contributed by atoms with E-state index in [4.69, 9.17) is 12.2 Å². The largest absolute Gasteiger partial charge is 0.378 e. The van der Waals surface area contributed by atoms with Gasteiger partial charge in [0, 0.05) is 29.2 Å². The average Bonchev–Trinajstić information content (AvgIpc) is 2.83. The van der Waals surface area contributed by atoms with Crippen molar-refractivity contribution in [1.82, 2.24) is 10.3 Å². The molecule has 104 valence electrons. The zero-order chi connectivity index (χ0) is 14.7. The number of rotatable bonds is 5. The van der Waals surface area contributed by atoms with Gasteiger partial charge in [0.25, 0.3) is 0 Å². The van der Waals surface area contributed by atoms with Gasteiger partial charge in [0.1, 0.15) is 0 Å². The number of hydrogen-bond acceptors (Lipinski definition) is 1. The van der Waals surface area contributed by atoms with Crippen molar-refractivity contribution < 1.29 is 0 Å². The second-order valence-electron chi connectivity index (χ2n) is 5.14. The first kappa shape index (κ1) is 14.5. The summed E-state index contributed by atoms with van der Waals surface area (Å²) >= 11 is 4.82. The minimum atomic E-state index is 0.705. The summed E-state index contributed by atoms with van der Waals surface area (Å²) in [6, 6.07) is 4.31. The van der Waals surface area contributed by atoms with Gasteiger partial charge in [-0.25, -0.2) is 0 Å². The number of H-pyrrole nitrogens is 1. The first-order valence-corrected chi connectivity index (χ1v) is 7.12. The van der Waals surface area contributed by atoms with Gasteiger partial charge in [0.15, 0.2) is 0 Å². The van der Waals surface area contributed by atoms with Gasteiger partial charge < -0.3 is 10.3 Å². The lowest BCUT2D eigenvalue weighted by molar-refractivity contribution is 1.03. The Balaban J connectivity index is 2.54. The number of benzene rings is 1. The van der Waals surface area contributed by atoms with E-state index in [2.05, 4.69) is 55.1 Å². The fourth-order valence-electron chi connectivity index (χ4n) is 2.37. The van der Waals surface area contributed by atoms with Crippen LogP contribution >= 0.6 is 12.2 Å². The van der Waals surface area contributed by atoms with Crippen LogP contribution in [-0.2, 0) is 0 Å². The van der Waals surface area contributed by atoms with Gasteiger partial charge in [0.05, 0.1) is 5.49 Å². The summed E-state index contributed by atoms with van der Waals surface area (Å²) in [6.45, 7) is 11.0. The van der Waals surface area contributed by atoms with Gasteiger partial charge in [-0.15, -0.1) is 0 Å². The maximum absolute atomic E-state index is 4.82. The molecule has 2 N–H and O–H groups in total. The maximum Gasteiger partial charge on any atom is 0.0617 e. The highest BCUT2D eigenvalue weighted by molar-refractivity contribution is 7.78. The van der Waals surface area contributed by atoms with Crippen molar-refractivity contribution >= 4 is 34.7 Å². The second kappa shape index (κ2) is 6.06.